The van der Waals surface area contributed by atoms with Crippen molar-refractivity contribution in [1.82, 2.24) is 10.2 Å². The molecule has 158 valence electrons. The fourth-order valence-corrected chi connectivity index (χ4v) is 3.20. The number of esters is 1. The second-order valence-corrected chi connectivity index (χ2v) is 8.18. The lowest BCUT2D eigenvalue weighted by atomic mass is 10.1. The third kappa shape index (κ3) is 9.25. The SMILES string of the molecule is CC(C)NCCc1ccc(CCN(C)CC(C)C(=O)OCc2ccccc2)cc1. The summed E-state index contributed by atoms with van der Waals surface area (Å²) in [5.41, 5.74) is 3.71. The molecule has 0 saturated heterocycles. The number of carbonyl (C=O) groups excluding carboxylic acids is 1. The van der Waals surface area contributed by atoms with Gasteiger partial charge in [-0.3, -0.25) is 4.79 Å². The number of benzene rings is 2. The predicted molar refractivity (Wildman–Crippen MR) is 120 cm³/mol. The van der Waals surface area contributed by atoms with E-state index in [-0.39, 0.29) is 11.9 Å². The monoisotopic (exact) mass is 396 g/mol. The summed E-state index contributed by atoms with van der Waals surface area (Å²) < 4.78 is 5.44. The van der Waals surface area contributed by atoms with Crippen molar-refractivity contribution in [3.63, 3.8) is 0 Å². The molecule has 0 bridgehead atoms. The topological polar surface area (TPSA) is 41.6 Å². The van der Waals surface area contributed by atoms with Gasteiger partial charge in [-0.2, -0.15) is 0 Å². The van der Waals surface area contributed by atoms with Crippen LogP contribution in [0.4, 0.5) is 0 Å². The summed E-state index contributed by atoms with van der Waals surface area (Å²) in [4.78, 5) is 14.4. The molecule has 0 spiro atoms. The van der Waals surface area contributed by atoms with Crippen LogP contribution in [0.3, 0.4) is 0 Å². The first-order chi connectivity index (χ1) is 13.9. The zero-order valence-electron chi connectivity index (χ0n) is 18.4. The highest BCUT2D eigenvalue weighted by molar-refractivity contribution is 5.72. The Bertz CT molecular complexity index is 713. The van der Waals surface area contributed by atoms with E-state index in [2.05, 4.69) is 55.4 Å². The van der Waals surface area contributed by atoms with E-state index in [9.17, 15) is 4.79 Å². The predicted octanol–water partition coefficient (Wildman–Crippen LogP) is 4.08. The van der Waals surface area contributed by atoms with Crippen LogP contribution in [0.25, 0.3) is 0 Å². The first-order valence-corrected chi connectivity index (χ1v) is 10.6. The molecule has 0 aromatic heterocycles. The molecule has 0 fully saturated rings. The molecule has 0 radical (unpaired) electrons. The lowest BCUT2D eigenvalue weighted by molar-refractivity contribution is -0.149. The van der Waals surface area contributed by atoms with Crippen LogP contribution in [-0.4, -0.2) is 43.6 Å². The van der Waals surface area contributed by atoms with Crippen LogP contribution in [0.5, 0.6) is 0 Å². The van der Waals surface area contributed by atoms with Gasteiger partial charge in [-0.25, -0.2) is 0 Å². The largest absolute Gasteiger partial charge is 0.461 e. The Labute approximate surface area is 176 Å². The third-order valence-electron chi connectivity index (χ3n) is 4.98. The number of ether oxygens (including phenoxy) is 1. The van der Waals surface area contributed by atoms with Gasteiger partial charge in [-0.05, 0) is 43.1 Å². The van der Waals surface area contributed by atoms with Crippen molar-refractivity contribution in [3.05, 3.63) is 71.3 Å². The van der Waals surface area contributed by atoms with E-state index in [0.29, 0.717) is 19.2 Å². The van der Waals surface area contributed by atoms with Crippen LogP contribution in [0.2, 0.25) is 0 Å². The summed E-state index contributed by atoms with van der Waals surface area (Å²) >= 11 is 0. The molecule has 1 unspecified atom stereocenters. The van der Waals surface area contributed by atoms with Crippen molar-refractivity contribution >= 4 is 5.97 Å². The molecule has 0 aliphatic carbocycles. The fraction of sp³-hybridized carbons (Fsp3) is 0.480. The Morgan fingerprint density at radius 2 is 1.55 bits per heavy atom. The summed E-state index contributed by atoms with van der Waals surface area (Å²) in [5.74, 6) is -0.278. The molecule has 2 aromatic carbocycles. The highest BCUT2D eigenvalue weighted by atomic mass is 16.5. The van der Waals surface area contributed by atoms with Crippen molar-refractivity contribution in [2.45, 2.75) is 46.3 Å². The van der Waals surface area contributed by atoms with E-state index in [1.807, 2.05) is 37.3 Å². The minimum absolute atomic E-state index is 0.139. The number of carbonyl (C=O) groups is 1. The van der Waals surface area contributed by atoms with Crippen molar-refractivity contribution < 1.29 is 9.53 Å². The average Bonchev–Trinajstić information content (AvgIpc) is 2.72. The zero-order valence-corrected chi connectivity index (χ0v) is 18.4. The molecule has 0 aliphatic rings. The minimum Gasteiger partial charge on any atom is -0.461 e. The zero-order chi connectivity index (χ0) is 21.1. The quantitative estimate of drug-likeness (QED) is 0.549. The number of nitrogens with one attached hydrogen (secondary N) is 1. The van der Waals surface area contributed by atoms with E-state index in [1.54, 1.807) is 0 Å². The number of hydrogen-bond acceptors (Lipinski definition) is 4. The average molecular weight is 397 g/mol. The Morgan fingerprint density at radius 3 is 2.17 bits per heavy atom. The second kappa shape index (κ2) is 12.4. The third-order valence-corrected chi connectivity index (χ3v) is 4.98. The summed E-state index contributed by atoms with van der Waals surface area (Å²) in [5, 5.41) is 3.45. The van der Waals surface area contributed by atoms with Gasteiger partial charge in [-0.1, -0.05) is 75.4 Å². The van der Waals surface area contributed by atoms with Gasteiger partial charge in [0.2, 0.25) is 0 Å². The fourth-order valence-electron chi connectivity index (χ4n) is 3.20. The van der Waals surface area contributed by atoms with Crippen LogP contribution in [0, 0.1) is 5.92 Å². The summed E-state index contributed by atoms with van der Waals surface area (Å²) in [6.45, 7) is 9.25. The van der Waals surface area contributed by atoms with Crippen molar-refractivity contribution in [2.24, 2.45) is 5.92 Å². The maximum Gasteiger partial charge on any atom is 0.310 e. The maximum absolute atomic E-state index is 12.2. The Kier molecular flexibility index (Phi) is 9.89. The molecule has 4 heteroatoms. The van der Waals surface area contributed by atoms with Gasteiger partial charge in [0.1, 0.15) is 6.61 Å². The molecule has 0 amide bonds. The summed E-state index contributed by atoms with van der Waals surface area (Å²) in [6, 6.07) is 19.2. The van der Waals surface area contributed by atoms with Gasteiger partial charge in [0.05, 0.1) is 5.92 Å². The molecular weight excluding hydrogens is 360 g/mol. The van der Waals surface area contributed by atoms with Crippen LogP contribution in [0.1, 0.15) is 37.5 Å². The molecule has 2 rings (SSSR count). The van der Waals surface area contributed by atoms with Crippen LogP contribution >= 0.6 is 0 Å². The smallest absolute Gasteiger partial charge is 0.310 e. The van der Waals surface area contributed by atoms with Gasteiger partial charge in [0.25, 0.3) is 0 Å². The van der Waals surface area contributed by atoms with Crippen molar-refractivity contribution in [3.8, 4) is 0 Å². The minimum atomic E-state index is -0.139. The van der Waals surface area contributed by atoms with E-state index in [4.69, 9.17) is 4.74 Å². The van der Waals surface area contributed by atoms with Crippen LogP contribution < -0.4 is 5.32 Å². The summed E-state index contributed by atoms with van der Waals surface area (Å²) in [6.07, 6.45) is 2.04. The number of nitrogens with zero attached hydrogens (tertiary/aromatic N) is 1. The molecular formula is C25H36N2O2. The first-order valence-electron chi connectivity index (χ1n) is 10.6. The highest BCUT2D eigenvalue weighted by Crippen LogP contribution is 2.09. The van der Waals surface area contributed by atoms with E-state index >= 15 is 0 Å². The molecule has 0 saturated carbocycles. The number of likely N-dealkylation sites (N-methyl/N-ethyl adjacent to an activating group) is 1. The molecule has 1 N–H and O–H groups in total. The first kappa shape index (κ1) is 23.1. The molecule has 1 atom stereocenters. The molecule has 29 heavy (non-hydrogen) atoms. The molecule has 2 aromatic rings. The highest BCUT2D eigenvalue weighted by Gasteiger charge is 2.16. The Morgan fingerprint density at radius 1 is 0.931 bits per heavy atom. The lowest BCUT2D eigenvalue weighted by Gasteiger charge is -2.20. The van der Waals surface area contributed by atoms with Crippen LogP contribution in [-0.2, 0) is 29.0 Å². The lowest BCUT2D eigenvalue weighted by Crippen LogP contribution is -2.31. The molecule has 0 aliphatic heterocycles. The molecule has 4 nitrogen and oxygen atoms in total. The van der Waals surface area contributed by atoms with Crippen molar-refractivity contribution in [2.75, 3.05) is 26.7 Å². The summed E-state index contributed by atoms with van der Waals surface area (Å²) in [7, 11) is 2.06. The second-order valence-electron chi connectivity index (χ2n) is 8.18. The van der Waals surface area contributed by atoms with Crippen molar-refractivity contribution in [1.29, 1.82) is 0 Å². The van der Waals surface area contributed by atoms with Gasteiger partial charge >= 0.3 is 5.97 Å². The van der Waals surface area contributed by atoms with Gasteiger partial charge in [-0.15, -0.1) is 0 Å². The Balaban J connectivity index is 1.67. The molecule has 0 heterocycles. The van der Waals surface area contributed by atoms with Crippen LogP contribution in [0.15, 0.2) is 54.6 Å². The Hall–Kier alpha value is -2.17. The normalized spacial score (nSPS) is 12.3. The van der Waals surface area contributed by atoms with Gasteiger partial charge in [0, 0.05) is 19.1 Å². The van der Waals surface area contributed by atoms with E-state index in [0.717, 1.165) is 31.5 Å². The standard InChI is InChI=1S/C25H36N2O2/c1-20(2)26-16-14-22-10-12-23(13-11-22)15-17-27(4)18-21(3)25(28)29-19-24-8-6-5-7-9-24/h5-13,20-21,26H,14-19H2,1-4H3. The van der Waals surface area contributed by atoms with E-state index < -0.39 is 0 Å². The number of rotatable bonds is 12. The number of hydrogen-bond donors (Lipinski definition) is 1. The van der Waals surface area contributed by atoms with Gasteiger partial charge in [0.15, 0.2) is 0 Å². The maximum atomic E-state index is 12.2. The van der Waals surface area contributed by atoms with Gasteiger partial charge < -0.3 is 15.0 Å². The van der Waals surface area contributed by atoms with E-state index in [1.165, 1.54) is 11.1 Å².